The molecule has 3 unspecified atom stereocenters. The van der Waals surface area contributed by atoms with E-state index >= 15 is 0 Å². The van der Waals surface area contributed by atoms with E-state index in [2.05, 4.69) is 24.1 Å². The van der Waals surface area contributed by atoms with Crippen molar-refractivity contribution < 1.29 is 9.53 Å². The van der Waals surface area contributed by atoms with Crippen molar-refractivity contribution in [3.05, 3.63) is 12.7 Å². The molecule has 0 bridgehead atoms. The maximum atomic E-state index is 11.7. The molecular formula is C15H28N2O2. The van der Waals surface area contributed by atoms with Crippen LogP contribution in [-0.4, -0.2) is 29.8 Å². The molecule has 1 fully saturated rings. The molecule has 0 aliphatic heterocycles. The molecule has 1 saturated carbocycles. The van der Waals surface area contributed by atoms with Crippen molar-refractivity contribution in [3.8, 4) is 0 Å². The van der Waals surface area contributed by atoms with Gasteiger partial charge in [0.25, 0.3) is 0 Å². The van der Waals surface area contributed by atoms with E-state index in [4.69, 9.17) is 4.74 Å². The van der Waals surface area contributed by atoms with Gasteiger partial charge in [-0.2, -0.15) is 0 Å². The summed E-state index contributed by atoms with van der Waals surface area (Å²) in [4.78, 5) is 11.7. The second-order valence-electron chi connectivity index (χ2n) is 6.40. The second kappa shape index (κ2) is 6.94. The van der Waals surface area contributed by atoms with Gasteiger partial charge < -0.3 is 15.4 Å². The maximum Gasteiger partial charge on any atom is 0.407 e. The van der Waals surface area contributed by atoms with E-state index in [1.54, 1.807) is 0 Å². The molecule has 4 nitrogen and oxygen atoms in total. The molecule has 110 valence electrons. The lowest BCUT2D eigenvalue weighted by Gasteiger charge is -2.32. The molecule has 0 spiro atoms. The van der Waals surface area contributed by atoms with E-state index in [1.165, 1.54) is 0 Å². The third-order valence-corrected chi connectivity index (χ3v) is 3.25. The molecule has 1 aliphatic rings. The minimum absolute atomic E-state index is 0.207. The van der Waals surface area contributed by atoms with Crippen LogP contribution in [0.25, 0.3) is 0 Å². The maximum absolute atomic E-state index is 11.7. The number of hydrogen-bond acceptors (Lipinski definition) is 3. The first-order valence-corrected chi connectivity index (χ1v) is 7.18. The van der Waals surface area contributed by atoms with Crippen molar-refractivity contribution in [2.45, 2.75) is 77.1 Å². The highest BCUT2D eigenvalue weighted by Crippen LogP contribution is 2.19. The quantitative estimate of drug-likeness (QED) is 0.771. The number of carbonyl (C=O) groups excluding carboxylic acids is 1. The Balaban J connectivity index is 2.38. The minimum atomic E-state index is -0.437. The Morgan fingerprint density at radius 1 is 1.37 bits per heavy atom. The zero-order valence-corrected chi connectivity index (χ0v) is 12.7. The lowest BCUT2D eigenvalue weighted by atomic mass is 9.90. The highest BCUT2D eigenvalue weighted by atomic mass is 16.6. The fourth-order valence-corrected chi connectivity index (χ4v) is 2.39. The van der Waals surface area contributed by atoms with E-state index in [-0.39, 0.29) is 12.1 Å². The van der Waals surface area contributed by atoms with Crippen molar-refractivity contribution in [1.29, 1.82) is 0 Å². The number of amides is 1. The summed E-state index contributed by atoms with van der Waals surface area (Å²) in [6.45, 7) is 11.5. The highest BCUT2D eigenvalue weighted by Gasteiger charge is 2.25. The summed E-state index contributed by atoms with van der Waals surface area (Å²) in [7, 11) is 0. The SMILES string of the molecule is C=CC(C)NC1CCCC(NC(=O)OC(C)(C)C)C1. The molecule has 19 heavy (non-hydrogen) atoms. The van der Waals surface area contributed by atoms with Gasteiger partial charge in [0.1, 0.15) is 5.60 Å². The molecule has 1 amide bonds. The van der Waals surface area contributed by atoms with Crippen LogP contribution in [0.3, 0.4) is 0 Å². The van der Waals surface area contributed by atoms with Gasteiger partial charge in [-0.25, -0.2) is 4.79 Å². The van der Waals surface area contributed by atoms with E-state index in [0.717, 1.165) is 25.7 Å². The number of hydrogen-bond donors (Lipinski definition) is 2. The molecule has 2 N–H and O–H groups in total. The summed E-state index contributed by atoms with van der Waals surface area (Å²) in [6, 6.07) is 0.963. The number of alkyl carbamates (subject to hydrolysis) is 1. The van der Waals surface area contributed by atoms with Gasteiger partial charge in [0.15, 0.2) is 0 Å². The van der Waals surface area contributed by atoms with Crippen molar-refractivity contribution in [1.82, 2.24) is 10.6 Å². The predicted molar refractivity (Wildman–Crippen MR) is 78.2 cm³/mol. The normalized spacial score (nSPS) is 25.5. The van der Waals surface area contributed by atoms with Crippen molar-refractivity contribution in [3.63, 3.8) is 0 Å². The van der Waals surface area contributed by atoms with Crippen LogP contribution in [0.4, 0.5) is 4.79 Å². The van der Waals surface area contributed by atoms with Crippen LogP contribution in [-0.2, 0) is 4.74 Å². The summed E-state index contributed by atoms with van der Waals surface area (Å²) < 4.78 is 5.29. The first-order valence-electron chi connectivity index (χ1n) is 7.18. The Kier molecular flexibility index (Phi) is 5.85. The zero-order chi connectivity index (χ0) is 14.5. The molecule has 0 aromatic carbocycles. The van der Waals surface area contributed by atoms with Crippen LogP contribution in [0.1, 0.15) is 53.4 Å². The summed E-state index contributed by atoms with van der Waals surface area (Å²) in [5.41, 5.74) is -0.437. The standard InChI is InChI=1S/C15H28N2O2/c1-6-11(2)16-12-8-7-9-13(10-12)17-14(18)19-15(3,4)5/h6,11-13,16H,1,7-10H2,2-5H3,(H,17,18). The van der Waals surface area contributed by atoms with Gasteiger partial charge in [-0.15, -0.1) is 6.58 Å². The van der Waals surface area contributed by atoms with Gasteiger partial charge in [-0.05, 0) is 53.4 Å². The molecule has 0 aromatic heterocycles. The van der Waals surface area contributed by atoms with Crippen LogP contribution in [0.5, 0.6) is 0 Å². The van der Waals surface area contributed by atoms with E-state index in [1.807, 2.05) is 26.8 Å². The van der Waals surface area contributed by atoms with Crippen LogP contribution < -0.4 is 10.6 Å². The van der Waals surface area contributed by atoms with E-state index < -0.39 is 5.60 Å². The molecule has 0 saturated heterocycles. The highest BCUT2D eigenvalue weighted by molar-refractivity contribution is 5.68. The largest absolute Gasteiger partial charge is 0.444 e. The zero-order valence-electron chi connectivity index (χ0n) is 12.7. The average molecular weight is 268 g/mol. The van der Waals surface area contributed by atoms with Crippen LogP contribution in [0, 0.1) is 0 Å². The van der Waals surface area contributed by atoms with Crippen molar-refractivity contribution >= 4 is 6.09 Å². The Hall–Kier alpha value is -1.03. The summed E-state index contributed by atoms with van der Waals surface area (Å²) >= 11 is 0. The fourth-order valence-electron chi connectivity index (χ4n) is 2.39. The van der Waals surface area contributed by atoms with Gasteiger partial charge in [0.05, 0.1) is 0 Å². The number of rotatable bonds is 4. The van der Waals surface area contributed by atoms with E-state index in [9.17, 15) is 4.79 Å². The third-order valence-electron chi connectivity index (χ3n) is 3.25. The Labute approximate surface area is 117 Å². The number of carbonyl (C=O) groups is 1. The monoisotopic (exact) mass is 268 g/mol. The van der Waals surface area contributed by atoms with Crippen molar-refractivity contribution in [2.75, 3.05) is 0 Å². The third kappa shape index (κ3) is 6.62. The Morgan fingerprint density at radius 3 is 2.58 bits per heavy atom. The fraction of sp³-hybridized carbons (Fsp3) is 0.800. The Bertz CT molecular complexity index is 310. The topological polar surface area (TPSA) is 50.4 Å². The van der Waals surface area contributed by atoms with Gasteiger partial charge in [-0.1, -0.05) is 6.08 Å². The summed E-state index contributed by atoms with van der Waals surface area (Å²) in [6.07, 6.45) is 5.87. The summed E-state index contributed by atoms with van der Waals surface area (Å²) in [5.74, 6) is 0. The number of ether oxygens (including phenoxy) is 1. The second-order valence-corrected chi connectivity index (χ2v) is 6.40. The van der Waals surface area contributed by atoms with Gasteiger partial charge >= 0.3 is 6.09 Å². The van der Waals surface area contributed by atoms with Crippen LogP contribution in [0.15, 0.2) is 12.7 Å². The number of nitrogens with one attached hydrogen (secondary N) is 2. The predicted octanol–water partition coefficient (Wildman–Crippen LogP) is 2.99. The van der Waals surface area contributed by atoms with Crippen LogP contribution in [0.2, 0.25) is 0 Å². The molecule has 4 heteroatoms. The minimum Gasteiger partial charge on any atom is -0.444 e. The van der Waals surface area contributed by atoms with Gasteiger partial charge in [0, 0.05) is 18.1 Å². The molecule has 1 rings (SSSR count). The van der Waals surface area contributed by atoms with Gasteiger partial charge in [0.2, 0.25) is 0 Å². The van der Waals surface area contributed by atoms with Gasteiger partial charge in [-0.3, -0.25) is 0 Å². The lowest BCUT2D eigenvalue weighted by Crippen LogP contribution is -2.47. The summed E-state index contributed by atoms with van der Waals surface area (Å²) in [5, 5.41) is 6.48. The molecule has 0 radical (unpaired) electrons. The van der Waals surface area contributed by atoms with Crippen LogP contribution >= 0.6 is 0 Å². The average Bonchev–Trinajstić information content (AvgIpc) is 2.26. The molecule has 0 aromatic rings. The van der Waals surface area contributed by atoms with E-state index in [0.29, 0.717) is 12.1 Å². The smallest absolute Gasteiger partial charge is 0.407 e. The lowest BCUT2D eigenvalue weighted by molar-refractivity contribution is 0.0488. The molecule has 1 aliphatic carbocycles. The first kappa shape index (κ1) is 16.0. The Morgan fingerprint density at radius 2 is 2.00 bits per heavy atom. The first-order chi connectivity index (χ1) is 8.80. The molecule has 0 heterocycles. The van der Waals surface area contributed by atoms with Crippen molar-refractivity contribution in [2.24, 2.45) is 0 Å². The molecule has 3 atom stereocenters. The molecular weight excluding hydrogens is 240 g/mol.